The van der Waals surface area contributed by atoms with E-state index < -0.39 is 20.8 Å². The standard InChI is InChI=1S/C14H24N2O3S2/c1-4-9-15-11-13-5-7-14(8-6-13)21(18,19)16-10-12(2)20(3)17/h5-8,12,15-16H,4,9-11H2,1-3H3. The van der Waals surface area contributed by atoms with E-state index >= 15 is 0 Å². The Morgan fingerprint density at radius 3 is 2.38 bits per heavy atom. The molecule has 5 nitrogen and oxygen atoms in total. The second-order valence-corrected chi connectivity index (χ2v) is 8.55. The van der Waals surface area contributed by atoms with Gasteiger partial charge in [0.25, 0.3) is 0 Å². The fraction of sp³-hybridized carbons (Fsp3) is 0.571. The average Bonchev–Trinajstić information content (AvgIpc) is 2.45. The largest absolute Gasteiger partial charge is 0.313 e. The van der Waals surface area contributed by atoms with Gasteiger partial charge in [0, 0.05) is 35.4 Å². The molecule has 0 radical (unpaired) electrons. The van der Waals surface area contributed by atoms with Crippen LogP contribution in [0, 0.1) is 0 Å². The highest BCUT2D eigenvalue weighted by molar-refractivity contribution is 7.89. The van der Waals surface area contributed by atoms with Crippen molar-refractivity contribution in [3.8, 4) is 0 Å². The molecule has 21 heavy (non-hydrogen) atoms. The molecule has 7 heteroatoms. The van der Waals surface area contributed by atoms with Crippen molar-refractivity contribution in [1.82, 2.24) is 10.0 Å². The van der Waals surface area contributed by atoms with Crippen LogP contribution in [0.5, 0.6) is 0 Å². The number of rotatable bonds is 9. The summed E-state index contributed by atoms with van der Waals surface area (Å²) in [6, 6.07) is 6.80. The zero-order valence-electron chi connectivity index (χ0n) is 12.8. The minimum atomic E-state index is -3.54. The highest BCUT2D eigenvalue weighted by Crippen LogP contribution is 2.10. The van der Waals surface area contributed by atoms with Crippen molar-refractivity contribution in [2.24, 2.45) is 0 Å². The van der Waals surface area contributed by atoms with Crippen LogP contribution in [0.3, 0.4) is 0 Å². The van der Waals surface area contributed by atoms with Gasteiger partial charge in [-0.1, -0.05) is 19.1 Å². The Balaban J connectivity index is 2.64. The van der Waals surface area contributed by atoms with Gasteiger partial charge in [-0.3, -0.25) is 4.21 Å². The first kappa shape index (κ1) is 18.3. The van der Waals surface area contributed by atoms with E-state index in [0.717, 1.165) is 25.1 Å². The Hall–Kier alpha value is -0.760. The van der Waals surface area contributed by atoms with Crippen molar-refractivity contribution in [2.75, 3.05) is 19.3 Å². The van der Waals surface area contributed by atoms with E-state index in [1.807, 2.05) is 0 Å². The zero-order valence-corrected chi connectivity index (χ0v) is 14.4. The molecule has 2 N–H and O–H groups in total. The van der Waals surface area contributed by atoms with E-state index in [4.69, 9.17) is 0 Å². The molecule has 0 spiro atoms. The summed E-state index contributed by atoms with van der Waals surface area (Å²) in [6.45, 7) is 5.69. The van der Waals surface area contributed by atoms with E-state index in [0.29, 0.717) is 0 Å². The molecule has 1 aromatic rings. The van der Waals surface area contributed by atoms with Crippen molar-refractivity contribution >= 4 is 20.8 Å². The van der Waals surface area contributed by atoms with Crippen LogP contribution in [0.2, 0.25) is 0 Å². The molecule has 0 aromatic heterocycles. The summed E-state index contributed by atoms with van der Waals surface area (Å²) >= 11 is 0. The number of sulfonamides is 1. The van der Waals surface area contributed by atoms with Gasteiger partial charge < -0.3 is 5.32 Å². The normalized spacial score (nSPS) is 14.8. The van der Waals surface area contributed by atoms with Crippen LogP contribution in [0.15, 0.2) is 29.2 Å². The predicted molar refractivity (Wildman–Crippen MR) is 87.2 cm³/mol. The summed E-state index contributed by atoms with van der Waals surface area (Å²) in [5.74, 6) is 0. The van der Waals surface area contributed by atoms with Crippen molar-refractivity contribution in [1.29, 1.82) is 0 Å². The van der Waals surface area contributed by atoms with Crippen molar-refractivity contribution in [2.45, 2.75) is 37.0 Å². The zero-order chi connectivity index (χ0) is 15.9. The first-order valence-corrected chi connectivity index (χ1v) is 10.1. The highest BCUT2D eigenvalue weighted by atomic mass is 32.2. The molecule has 0 bridgehead atoms. The van der Waals surface area contributed by atoms with Gasteiger partial charge >= 0.3 is 0 Å². The maximum Gasteiger partial charge on any atom is 0.240 e. The van der Waals surface area contributed by atoms with E-state index in [1.165, 1.54) is 0 Å². The van der Waals surface area contributed by atoms with Gasteiger partial charge in [-0.15, -0.1) is 0 Å². The van der Waals surface area contributed by atoms with Gasteiger partial charge in [0.2, 0.25) is 10.0 Å². The minimum absolute atomic E-state index is 0.172. The molecule has 0 saturated heterocycles. The molecule has 0 fully saturated rings. The number of hydrogen-bond donors (Lipinski definition) is 2. The smallest absolute Gasteiger partial charge is 0.240 e. The summed E-state index contributed by atoms with van der Waals surface area (Å²) < 4.78 is 37.9. The monoisotopic (exact) mass is 332 g/mol. The maximum absolute atomic E-state index is 12.1. The SMILES string of the molecule is CCCNCc1ccc(S(=O)(=O)NCC(C)S(C)=O)cc1. The Morgan fingerprint density at radius 2 is 1.86 bits per heavy atom. The van der Waals surface area contributed by atoms with E-state index in [9.17, 15) is 12.6 Å². The minimum Gasteiger partial charge on any atom is -0.313 e. The highest BCUT2D eigenvalue weighted by Gasteiger charge is 2.16. The first-order valence-electron chi connectivity index (χ1n) is 6.98. The molecule has 0 saturated carbocycles. The van der Waals surface area contributed by atoms with Gasteiger partial charge in [0.05, 0.1) is 4.90 Å². The van der Waals surface area contributed by atoms with Crippen LogP contribution < -0.4 is 10.0 Å². The molecule has 0 aliphatic rings. The third-order valence-electron chi connectivity index (χ3n) is 3.12. The third kappa shape index (κ3) is 6.25. The molecular formula is C14H24N2O3S2. The molecule has 2 atom stereocenters. The fourth-order valence-electron chi connectivity index (χ4n) is 1.62. The van der Waals surface area contributed by atoms with E-state index in [2.05, 4.69) is 17.0 Å². The Morgan fingerprint density at radius 1 is 1.24 bits per heavy atom. The molecule has 0 aliphatic carbocycles. The van der Waals surface area contributed by atoms with Crippen molar-refractivity contribution in [3.63, 3.8) is 0 Å². The van der Waals surface area contributed by atoms with E-state index in [-0.39, 0.29) is 16.7 Å². The van der Waals surface area contributed by atoms with Crippen molar-refractivity contribution in [3.05, 3.63) is 29.8 Å². The van der Waals surface area contributed by atoms with Crippen LogP contribution in [0.25, 0.3) is 0 Å². The first-order chi connectivity index (χ1) is 9.86. The van der Waals surface area contributed by atoms with Crippen molar-refractivity contribution < 1.29 is 12.6 Å². The maximum atomic E-state index is 12.1. The van der Waals surface area contributed by atoms with Crippen LogP contribution in [-0.2, 0) is 27.4 Å². The topological polar surface area (TPSA) is 75.3 Å². The molecule has 0 amide bonds. The molecule has 0 heterocycles. The van der Waals surface area contributed by atoms with Crippen LogP contribution in [-0.4, -0.2) is 37.2 Å². The average molecular weight is 332 g/mol. The number of hydrogen-bond acceptors (Lipinski definition) is 4. The van der Waals surface area contributed by atoms with Crippen LogP contribution >= 0.6 is 0 Å². The summed E-state index contributed by atoms with van der Waals surface area (Å²) in [5.41, 5.74) is 1.05. The van der Waals surface area contributed by atoms with Gasteiger partial charge in [-0.2, -0.15) is 0 Å². The second kappa shape index (κ2) is 8.63. The Bertz CT molecular complexity index is 556. The lowest BCUT2D eigenvalue weighted by molar-refractivity contribution is 0.580. The molecule has 2 unspecified atom stereocenters. The summed E-state index contributed by atoms with van der Waals surface area (Å²) in [7, 11) is -4.58. The van der Waals surface area contributed by atoms with Gasteiger partial charge in [0.15, 0.2) is 0 Å². The van der Waals surface area contributed by atoms with E-state index in [1.54, 1.807) is 37.4 Å². The lowest BCUT2D eigenvalue weighted by Gasteiger charge is -2.11. The summed E-state index contributed by atoms with van der Waals surface area (Å²) in [6.07, 6.45) is 2.63. The fourth-order valence-corrected chi connectivity index (χ4v) is 3.18. The quantitative estimate of drug-likeness (QED) is 0.667. The molecule has 0 aliphatic heterocycles. The Kier molecular flexibility index (Phi) is 7.51. The van der Waals surface area contributed by atoms with Crippen LogP contribution in [0.1, 0.15) is 25.8 Å². The Labute approximate surface area is 130 Å². The third-order valence-corrected chi connectivity index (χ3v) is 5.86. The summed E-state index contributed by atoms with van der Waals surface area (Å²) in [4.78, 5) is 0.232. The molecule has 1 aromatic carbocycles. The molecule has 120 valence electrons. The second-order valence-electron chi connectivity index (χ2n) is 4.98. The van der Waals surface area contributed by atoms with Gasteiger partial charge in [-0.05, 0) is 37.6 Å². The number of nitrogens with one attached hydrogen (secondary N) is 2. The molecular weight excluding hydrogens is 308 g/mol. The lowest BCUT2D eigenvalue weighted by Crippen LogP contribution is -2.32. The van der Waals surface area contributed by atoms with Crippen LogP contribution in [0.4, 0.5) is 0 Å². The predicted octanol–water partition coefficient (Wildman–Crippen LogP) is 1.23. The van der Waals surface area contributed by atoms with Gasteiger partial charge in [-0.25, -0.2) is 13.1 Å². The molecule has 1 rings (SSSR count). The summed E-state index contributed by atoms with van der Waals surface area (Å²) in [5, 5.41) is 3.05. The number of benzene rings is 1. The van der Waals surface area contributed by atoms with Gasteiger partial charge in [0.1, 0.15) is 0 Å². The lowest BCUT2D eigenvalue weighted by atomic mass is 10.2.